The van der Waals surface area contributed by atoms with E-state index in [2.05, 4.69) is 31.2 Å². The molecule has 0 aliphatic heterocycles. The van der Waals surface area contributed by atoms with Gasteiger partial charge in [0, 0.05) is 29.2 Å². The van der Waals surface area contributed by atoms with Crippen molar-refractivity contribution in [2.45, 2.75) is 6.18 Å². The van der Waals surface area contributed by atoms with Gasteiger partial charge >= 0.3 is 18.2 Å². The average molecular weight is 628 g/mol. The molecular formula is C29H21ClF3N5O6. The highest BCUT2D eigenvalue weighted by Gasteiger charge is 2.33. The number of pyridine rings is 1. The first-order chi connectivity index (χ1) is 20.9. The number of methoxy groups -OCH3 is 1. The maximum absolute atomic E-state index is 13.1. The number of hydrazine groups is 1. The lowest BCUT2D eigenvalue weighted by Gasteiger charge is -2.13. The van der Waals surface area contributed by atoms with Gasteiger partial charge in [0.05, 0.1) is 23.3 Å². The van der Waals surface area contributed by atoms with Crippen LogP contribution in [-0.2, 0) is 10.9 Å². The van der Waals surface area contributed by atoms with Crippen LogP contribution in [0.15, 0.2) is 85.1 Å². The van der Waals surface area contributed by atoms with Gasteiger partial charge in [0.25, 0.3) is 11.8 Å². The summed E-state index contributed by atoms with van der Waals surface area (Å²) in [6, 6.07) is 16.6. The summed E-state index contributed by atoms with van der Waals surface area (Å²) in [6.45, 7) is 0. The number of urea groups is 1. The lowest BCUT2D eigenvalue weighted by molar-refractivity contribution is -0.137. The number of halogens is 4. The number of rotatable bonds is 7. The lowest BCUT2D eigenvalue weighted by atomic mass is 10.1. The summed E-state index contributed by atoms with van der Waals surface area (Å²) >= 11 is 5.60. The number of benzene rings is 3. The highest BCUT2D eigenvalue weighted by atomic mass is 35.5. The van der Waals surface area contributed by atoms with Crippen LogP contribution in [-0.4, -0.2) is 35.9 Å². The molecule has 0 saturated carbocycles. The Bertz CT molecular complexity index is 1700. The van der Waals surface area contributed by atoms with Crippen molar-refractivity contribution in [3.63, 3.8) is 0 Å². The molecule has 11 nitrogen and oxygen atoms in total. The topological polar surface area (TPSA) is 148 Å². The van der Waals surface area contributed by atoms with E-state index >= 15 is 0 Å². The zero-order valence-electron chi connectivity index (χ0n) is 22.5. The molecule has 4 N–H and O–H groups in total. The molecule has 4 aromatic rings. The molecule has 3 aromatic carbocycles. The molecule has 226 valence electrons. The van der Waals surface area contributed by atoms with Gasteiger partial charge in [-0.25, -0.2) is 9.59 Å². The lowest BCUT2D eigenvalue weighted by Crippen LogP contribution is -2.41. The summed E-state index contributed by atoms with van der Waals surface area (Å²) in [7, 11) is 1.23. The van der Waals surface area contributed by atoms with Gasteiger partial charge in [-0.15, -0.1) is 0 Å². The average Bonchev–Trinajstić information content (AvgIpc) is 3.01. The van der Waals surface area contributed by atoms with Crippen molar-refractivity contribution in [3.8, 4) is 11.5 Å². The fourth-order valence-electron chi connectivity index (χ4n) is 3.58. The molecule has 0 aliphatic rings. The Labute approximate surface area is 252 Å². The third-order valence-corrected chi connectivity index (χ3v) is 6.03. The van der Waals surface area contributed by atoms with Crippen molar-refractivity contribution in [2.24, 2.45) is 0 Å². The highest BCUT2D eigenvalue weighted by molar-refractivity contribution is 6.31. The molecule has 15 heteroatoms. The quantitative estimate of drug-likeness (QED) is 0.144. The van der Waals surface area contributed by atoms with E-state index in [0.29, 0.717) is 11.4 Å². The molecule has 4 amide bonds. The molecule has 0 atom stereocenters. The summed E-state index contributed by atoms with van der Waals surface area (Å²) in [5, 5.41) is 4.30. The molecule has 4 rings (SSSR count). The number of alkyl halides is 3. The van der Waals surface area contributed by atoms with Crippen molar-refractivity contribution >= 4 is 46.8 Å². The molecular weight excluding hydrogens is 607 g/mol. The minimum Gasteiger partial charge on any atom is -0.465 e. The van der Waals surface area contributed by atoms with Crippen LogP contribution in [0.1, 0.15) is 36.8 Å². The van der Waals surface area contributed by atoms with E-state index in [1.807, 2.05) is 0 Å². The fraction of sp³-hybridized carbons (Fsp3) is 0.0690. The van der Waals surface area contributed by atoms with E-state index in [1.54, 1.807) is 0 Å². The van der Waals surface area contributed by atoms with E-state index in [1.165, 1.54) is 80.0 Å². The van der Waals surface area contributed by atoms with Gasteiger partial charge in [-0.2, -0.15) is 13.2 Å². The van der Waals surface area contributed by atoms with E-state index in [4.69, 9.17) is 16.3 Å². The van der Waals surface area contributed by atoms with Crippen LogP contribution >= 0.6 is 11.6 Å². The molecule has 0 aliphatic carbocycles. The van der Waals surface area contributed by atoms with Gasteiger partial charge in [0.1, 0.15) is 17.2 Å². The Balaban J connectivity index is 1.30. The van der Waals surface area contributed by atoms with Crippen molar-refractivity contribution in [1.82, 2.24) is 15.8 Å². The van der Waals surface area contributed by atoms with Crippen LogP contribution < -0.4 is 26.2 Å². The van der Waals surface area contributed by atoms with Gasteiger partial charge in [0.2, 0.25) is 0 Å². The molecule has 1 heterocycles. The fourth-order valence-corrected chi connectivity index (χ4v) is 3.80. The monoisotopic (exact) mass is 627 g/mol. The number of aromatic nitrogens is 1. The summed E-state index contributed by atoms with van der Waals surface area (Å²) in [5.74, 6) is -1.37. The summed E-state index contributed by atoms with van der Waals surface area (Å²) in [6.07, 6.45) is -3.36. The van der Waals surface area contributed by atoms with E-state index in [-0.39, 0.29) is 28.3 Å². The molecule has 0 fully saturated rings. The van der Waals surface area contributed by atoms with Gasteiger partial charge in [-0.3, -0.25) is 25.4 Å². The zero-order chi connectivity index (χ0) is 31.9. The molecule has 44 heavy (non-hydrogen) atoms. The Morgan fingerprint density at radius 2 is 1.36 bits per heavy atom. The largest absolute Gasteiger partial charge is 0.465 e. The number of carbonyl (C=O) groups is 4. The third kappa shape index (κ3) is 8.23. The number of anilines is 2. The van der Waals surface area contributed by atoms with Crippen molar-refractivity contribution in [2.75, 3.05) is 17.7 Å². The smallest absolute Gasteiger partial charge is 0.417 e. The number of hydrogen-bond donors (Lipinski definition) is 4. The SMILES string of the molecule is COC(=O)c1ccc(C(=O)NNC(=O)c2cc(Oc3ccc(NC(=O)Nc4ccc(Cl)c(C(F)(F)F)c4)cc3)ccn2)cc1. The summed E-state index contributed by atoms with van der Waals surface area (Å²) in [5.41, 5.74) is 3.97. The van der Waals surface area contributed by atoms with Crippen LogP contribution in [0.2, 0.25) is 5.02 Å². The van der Waals surface area contributed by atoms with E-state index < -0.39 is 40.6 Å². The molecule has 0 unspecified atom stereocenters. The van der Waals surface area contributed by atoms with E-state index in [0.717, 1.165) is 12.1 Å². The van der Waals surface area contributed by atoms with Crippen LogP contribution in [0.5, 0.6) is 11.5 Å². The number of esters is 1. The van der Waals surface area contributed by atoms with E-state index in [9.17, 15) is 32.3 Å². The van der Waals surface area contributed by atoms with Crippen LogP contribution in [0.25, 0.3) is 0 Å². The zero-order valence-corrected chi connectivity index (χ0v) is 23.2. The van der Waals surface area contributed by atoms with Crippen molar-refractivity contribution < 1.29 is 41.8 Å². The minimum absolute atomic E-state index is 0.0744. The Kier molecular flexibility index (Phi) is 9.65. The minimum atomic E-state index is -4.68. The standard InChI is InChI=1S/C29H21ClF3N5O6/c1-43-27(41)17-4-2-16(3-5-17)25(39)37-38-26(40)24-15-21(12-13-34-24)44-20-9-6-18(7-10-20)35-28(42)36-19-8-11-23(30)22(14-19)29(31,32)33/h2-15H,1H3,(H,37,39)(H,38,40)(H2,35,36,42). The number of nitrogens with zero attached hydrogens (tertiary/aromatic N) is 1. The third-order valence-electron chi connectivity index (χ3n) is 5.70. The van der Waals surface area contributed by atoms with Crippen molar-refractivity contribution in [1.29, 1.82) is 0 Å². The van der Waals surface area contributed by atoms with Crippen LogP contribution in [0.3, 0.4) is 0 Å². The Morgan fingerprint density at radius 3 is 2.02 bits per heavy atom. The van der Waals surface area contributed by atoms with Gasteiger partial charge in [0.15, 0.2) is 0 Å². The number of carbonyl (C=O) groups excluding carboxylic acids is 4. The number of amides is 4. The highest BCUT2D eigenvalue weighted by Crippen LogP contribution is 2.36. The number of hydrogen-bond acceptors (Lipinski definition) is 7. The summed E-state index contributed by atoms with van der Waals surface area (Å²) < 4.78 is 49.5. The maximum Gasteiger partial charge on any atom is 0.417 e. The molecule has 1 aromatic heterocycles. The summed E-state index contributed by atoms with van der Waals surface area (Å²) in [4.78, 5) is 52.6. The van der Waals surface area contributed by atoms with Gasteiger partial charge in [-0.05, 0) is 72.8 Å². The van der Waals surface area contributed by atoms with Crippen LogP contribution in [0, 0.1) is 0 Å². The van der Waals surface area contributed by atoms with Crippen LogP contribution in [0.4, 0.5) is 29.3 Å². The predicted octanol–water partition coefficient (Wildman–Crippen LogP) is 6.05. The Morgan fingerprint density at radius 1 is 0.750 bits per heavy atom. The molecule has 0 bridgehead atoms. The first kappa shape index (κ1) is 31.3. The second-order valence-corrected chi connectivity index (χ2v) is 9.16. The maximum atomic E-state index is 13.1. The van der Waals surface area contributed by atoms with Gasteiger partial charge in [-0.1, -0.05) is 11.6 Å². The first-order valence-electron chi connectivity index (χ1n) is 12.4. The number of nitrogens with one attached hydrogen (secondary N) is 4. The van der Waals surface area contributed by atoms with Gasteiger partial charge < -0.3 is 20.1 Å². The molecule has 0 spiro atoms. The molecule has 0 saturated heterocycles. The van der Waals surface area contributed by atoms with Crippen molar-refractivity contribution in [3.05, 3.63) is 112 Å². The predicted molar refractivity (Wildman–Crippen MR) is 153 cm³/mol. The Hall–Kier alpha value is -5.63. The normalized spacial score (nSPS) is 10.8. The second-order valence-electron chi connectivity index (χ2n) is 8.75. The number of ether oxygens (including phenoxy) is 2. The molecule has 0 radical (unpaired) electrons. The second kappa shape index (κ2) is 13.6. The first-order valence-corrected chi connectivity index (χ1v) is 12.8.